The Labute approximate surface area is 88.1 Å². The van der Waals surface area contributed by atoms with Crippen LogP contribution in [0.5, 0.6) is 5.75 Å². The Morgan fingerprint density at radius 2 is 1.93 bits per heavy atom. The van der Waals surface area contributed by atoms with E-state index in [2.05, 4.69) is 4.74 Å². The zero-order valence-electron chi connectivity index (χ0n) is 7.47. The van der Waals surface area contributed by atoms with Crippen LogP contribution in [0.15, 0.2) is 24.3 Å². The van der Waals surface area contributed by atoms with E-state index in [0.29, 0.717) is 12.3 Å². The molecule has 0 fully saturated rings. The maximum atomic E-state index is 10.1. The van der Waals surface area contributed by atoms with E-state index in [1.54, 1.807) is 24.3 Å². The van der Waals surface area contributed by atoms with Gasteiger partial charge in [0, 0.05) is 0 Å². The Kier molecular flexibility index (Phi) is 5.67. The van der Waals surface area contributed by atoms with Crippen molar-refractivity contribution in [1.82, 2.24) is 0 Å². The highest BCUT2D eigenvalue weighted by Gasteiger charge is 1.99. The van der Waals surface area contributed by atoms with Crippen molar-refractivity contribution in [2.24, 2.45) is 5.73 Å². The molecule has 0 radical (unpaired) electrons. The first kappa shape index (κ1) is 12.7. The number of hydrogen-bond acceptors (Lipinski definition) is 3. The van der Waals surface area contributed by atoms with E-state index in [4.69, 9.17) is 10.8 Å². The molecule has 14 heavy (non-hydrogen) atoms. The van der Waals surface area contributed by atoms with Crippen molar-refractivity contribution in [3.8, 4) is 5.75 Å². The first-order chi connectivity index (χ1) is 6.22. The zero-order valence-corrected chi connectivity index (χ0v) is 8.29. The third-order valence-corrected chi connectivity index (χ3v) is 1.56. The zero-order chi connectivity index (χ0) is 9.68. The molecule has 0 saturated heterocycles. The Bertz CT molecular complexity index is 287. The van der Waals surface area contributed by atoms with Gasteiger partial charge in [0.25, 0.3) is 0 Å². The first-order valence-corrected chi connectivity index (χ1v) is 3.92. The highest BCUT2D eigenvalue weighted by Crippen LogP contribution is 2.12. The molecule has 0 saturated carbocycles. The SMILES string of the molecule is Cl.NCCc1ccc(OC(=O)O)cc1. The Morgan fingerprint density at radius 1 is 1.36 bits per heavy atom. The van der Waals surface area contributed by atoms with Crippen LogP contribution in [0.3, 0.4) is 0 Å². The molecule has 0 aliphatic heterocycles. The number of nitrogens with two attached hydrogens (primary N) is 1. The van der Waals surface area contributed by atoms with Crippen LogP contribution in [-0.4, -0.2) is 17.8 Å². The predicted octanol–water partition coefficient (Wildman–Crippen LogP) is 1.67. The number of carboxylic acid groups (broad SMARTS) is 1. The molecule has 1 aromatic carbocycles. The predicted molar refractivity (Wildman–Crippen MR) is 55.1 cm³/mol. The number of ether oxygens (including phenoxy) is 1. The van der Waals surface area contributed by atoms with Crippen molar-refractivity contribution in [1.29, 1.82) is 0 Å². The summed E-state index contributed by atoms with van der Waals surface area (Å²) in [6, 6.07) is 6.81. The van der Waals surface area contributed by atoms with Gasteiger partial charge in [-0.2, -0.15) is 0 Å². The fourth-order valence-corrected chi connectivity index (χ4v) is 0.992. The molecule has 0 aliphatic carbocycles. The van der Waals surface area contributed by atoms with Crippen molar-refractivity contribution < 1.29 is 14.6 Å². The van der Waals surface area contributed by atoms with Crippen LogP contribution in [0, 0.1) is 0 Å². The van der Waals surface area contributed by atoms with Gasteiger partial charge < -0.3 is 15.6 Å². The van der Waals surface area contributed by atoms with Crippen LogP contribution in [0.25, 0.3) is 0 Å². The second-order valence-electron chi connectivity index (χ2n) is 2.55. The number of hydrogen-bond donors (Lipinski definition) is 2. The Hall–Kier alpha value is -1.26. The lowest BCUT2D eigenvalue weighted by atomic mass is 10.1. The van der Waals surface area contributed by atoms with E-state index in [1.165, 1.54) is 0 Å². The molecule has 0 amide bonds. The Morgan fingerprint density at radius 3 is 2.36 bits per heavy atom. The molecule has 0 unspecified atom stereocenters. The van der Waals surface area contributed by atoms with Crippen LogP contribution in [0.4, 0.5) is 4.79 Å². The number of benzene rings is 1. The molecule has 3 N–H and O–H groups in total. The summed E-state index contributed by atoms with van der Waals surface area (Å²) in [6.07, 6.45) is -0.514. The van der Waals surface area contributed by atoms with E-state index in [1.807, 2.05) is 0 Å². The van der Waals surface area contributed by atoms with Gasteiger partial charge in [0.15, 0.2) is 0 Å². The van der Waals surface area contributed by atoms with Gasteiger partial charge in [0.1, 0.15) is 5.75 Å². The number of halogens is 1. The van der Waals surface area contributed by atoms with Gasteiger partial charge in [-0.1, -0.05) is 12.1 Å². The summed E-state index contributed by atoms with van der Waals surface area (Å²) in [5, 5.41) is 8.30. The van der Waals surface area contributed by atoms with Gasteiger partial charge >= 0.3 is 6.16 Å². The monoisotopic (exact) mass is 217 g/mol. The van der Waals surface area contributed by atoms with Crippen LogP contribution in [0.2, 0.25) is 0 Å². The van der Waals surface area contributed by atoms with Gasteiger partial charge in [-0.25, -0.2) is 4.79 Å². The highest BCUT2D eigenvalue weighted by atomic mass is 35.5. The number of carbonyl (C=O) groups is 1. The van der Waals surface area contributed by atoms with Crippen molar-refractivity contribution in [2.45, 2.75) is 6.42 Å². The van der Waals surface area contributed by atoms with Crippen LogP contribution >= 0.6 is 12.4 Å². The summed E-state index contributed by atoms with van der Waals surface area (Å²) in [4.78, 5) is 10.1. The average Bonchev–Trinajstić information content (AvgIpc) is 2.08. The molecule has 0 aromatic heterocycles. The van der Waals surface area contributed by atoms with Crippen LogP contribution in [-0.2, 0) is 6.42 Å². The Balaban J connectivity index is 0.00000169. The quantitative estimate of drug-likeness (QED) is 0.597. The van der Waals surface area contributed by atoms with Gasteiger partial charge in [-0.05, 0) is 30.7 Å². The van der Waals surface area contributed by atoms with E-state index >= 15 is 0 Å². The molecular weight excluding hydrogens is 206 g/mol. The minimum atomic E-state index is -1.30. The molecule has 0 aliphatic rings. The van der Waals surface area contributed by atoms with Gasteiger partial charge in [0.05, 0.1) is 0 Å². The van der Waals surface area contributed by atoms with Crippen molar-refractivity contribution in [2.75, 3.05) is 6.54 Å². The van der Waals surface area contributed by atoms with Crippen LogP contribution < -0.4 is 10.5 Å². The summed E-state index contributed by atoms with van der Waals surface area (Å²) in [6.45, 7) is 0.582. The molecule has 0 atom stereocenters. The highest BCUT2D eigenvalue weighted by molar-refractivity contribution is 5.85. The molecule has 1 aromatic rings. The average molecular weight is 218 g/mol. The van der Waals surface area contributed by atoms with E-state index in [0.717, 1.165) is 12.0 Å². The molecule has 0 bridgehead atoms. The molecule has 5 heteroatoms. The lowest BCUT2D eigenvalue weighted by Crippen LogP contribution is -2.04. The largest absolute Gasteiger partial charge is 0.511 e. The molecule has 0 heterocycles. The minimum absolute atomic E-state index is 0. The van der Waals surface area contributed by atoms with Gasteiger partial charge in [-0.3, -0.25) is 0 Å². The second-order valence-corrected chi connectivity index (χ2v) is 2.55. The second kappa shape index (κ2) is 6.23. The summed E-state index contributed by atoms with van der Waals surface area (Å²) in [5.74, 6) is 0.327. The van der Waals surface area contributed by atoms with Gasteiger partial charge in [0.2, 0.25) is 0 Å². The molecule has 4 nitrogen and oxygen atoms in total. The minimum Gasteiger partial charge on any atom is -0.449 e. The number of rotatable bonds is 3. The first-order valence-electron chi connectivity index (χ1n) is 3.92. The summed E-state index contributed by atoms with van der Waals surface area (Å²) < 4.78 is 4.43. The van der Waals surface area contributed by atoms with Crippen molar-refractivity contribution in [3.05, 3.63) is 29.8 Å². The lowest BCUT2D eigenvalue weighted by Gasteiger charge is -2.01. The maximum absolute atomic E-state index is 10.1. The topological polar surface area (TPSA) is 72.5 Å². The maximum Gasteiger partial charge on any atom is 0.511 e. The van der Waals surface area contributed by atoms with Crippen molar-refractivity contribution in [3.63, 3.8) is 0 Å². The summed E-state index contributed by atoms with van der Waals surface area (Å²) in [5.41, 5.74) is 6.42. The molecule has 78 valence electrons. The smallest absolute Gasteiger partial charge is 0.449 e. The third kappa shape index (κ3) is 4.11. The fourth-order valence-electron chi connectivity index (χ4n) is 0.992. The van der Waals surface area contributed by atoms with E-state index in [-0.39, 0.29) is 12.4 Å². The van der Waals surface area contributed by atoms with E-state index < -0.39 is 6.16 Å². The van der Waals surface area contributed by atoms with Crippen LogP contribution in [0.1, 0.15) is 5.56 Å². The lowest BCUT2D eigenvalue weighted by molar-refractivity contribution is 0.144. The third-order valence-electron chi connectivity index (χ3n) is 1.56. The van der Waals surface area contributed by atoms with Crippen molar-refractivity contribution >= 4 is 18.6 Å². The molecule has 1 rings (SSSR count). The standard InChI is InChI=1S/C9H11NO3.ClH/c10-6-5-7-1-3-8(4-2-7)13-9(11)12;/h1-4H,5-6,10H2,(H,11,12);1H. The molecule has 0 spiro atoms. The normalized spacial score (nSPS) is 8.93. The fraction of sp³-hybridized carbons (Fsp3) is 0.222. The molecular formula is C9H12ClNO3. The summed E-state index contributed by atoms with van der Waals surface area (Å²) >= 11 is 0. The van der Waals surface area contributed by atoms with Gasteiger partial charge in [-0.15, -0.1) is 12.4 Å². The van der Waals surface area contributed by atoms with E-state index in [9.17, 15) is 4.79 Å². The summed E-state index contributed by atoms with van der Waals surface area (Å²) in [7, 11) is 0.